The van der Waals surface area contributed by atoms with Crippen molar-refractivity contribution in [3.8, 4) is 0 Å². The molecule has 4 heterocycles. The van der Waals surface area contributed by atoms with Crippen LogP contribution in [0.25, 0.3) is 5.65 Å². The van der Waals surface area contributed by atoms with Crippen LogP contribution in [-0.2, 0) is 27.3 Å². The van der Waals surface area contributed by atoms with Crippen LogP contribution in [0.4, 0.5) is 16.3 Å². The minimum absolute atomic E-state index is 0.0458. The Balaban J connectivity index is 1.34. The number of amides is 1. The SMILES string of the molecule is C=CC(=O)N1CCC1C(=O)Cc1cc(F)cc(CNc2nc(NC3CCOCC3)nc3c(C(C)C)cnn23)c1. The van der Waals surface area contributed by atoms with Crippen molar-refractivity contribution in [1.29, 1.82) is 0 Å². The molecule has 2 aromatic heterocycles. The number of aromatic nitrogens is 4. The summed E-state index contributed by atoms with van der Waals surface area (Å²) >= 11 is 0. The van der Waals surface area contributed by atoms with Crippen LogP contribution in [0.3, 0.4) is 0 Å². The van der Waals surface area contributed by atoms with Crippen molar-refractivity contribution in [3.05, 3.63) is 59.6 Å². The smallest absolute Gasteiger partial charge is 0.246 e. The van der Waals surface area contributed by atoms with Gasteiger partial charge in [0.2, 0.25) is 17.8 Å². The fourth-order valence-electron chi connectivity index (χ4n) is 5.03. The summed E-state index contributed by atoms with van der Waals surface area (Å²) in [7, 11) is 0. The molecule has 1 aromatic carbocycles. The van der Waals surface area contributed by atoms with Gasteiger partial charge in [-0.3, -0.25) is 9.59 Å². The second-order valence-corrected chi connectivity index (χ2v) is 10.4. The van der Waals surface area contributed by atoms with Crippen molar-refractivity contribution in [1.82, 2.24) is 24.5 Å². The molecule has 2 aliphatic heterocycles. The third-order valence-corrected chi connectivity index (χ3v) is 7.27. The quantitative estimate of drug-likeness (QED) is 0.380. The van der Waals surface area contributed by atoms with Crippen molar-refractivity contribution in [2.75, 3.05) is 30.4 Å². The van der Waals surface area contributed by atoms with Gasteiger partial charge < -0.3 is 20.3 Å². The molecule has 2 saturated heterocycles. The van der Waals surface area contributed by atoms with E-state index in [9.17, 15) is 14.0 Å². The van der Waals surface area contributed by atoms with E-state index < -0.39 is 11.9 Å². The van der Waals surface area contributed by atoms with E-state index >= 15 is 0 Å². The summed E-state index contributed by atoms with van der Waals surface area (Å²) in [5.41, 5.74) is 2.93. The van der Waals surface area contributed by atoms with E-state index in [4.69, 9.17) is 9.72 Å². The number of Topliss-reactive ketones (excluding diaryl/α,β-unsaturated/α-hetero) is 1. The van der Waals surface area contributed by atoms with Crippen molar-refractivity contribution < 1.29 is 18.7 Å². The summed E-state index contributed by atoms with van der Waals surface area (Å²) in [6.07, 6.45) is 5.41. The van der Waals surface area contributed by atoms with Crippen LogP contribution in [0.1, 0.15) is 55.7 Å². The fraction of sp³-hybridized carbons (Fsp3) is 0.464. The predicted octanol–water partition coefficient (Wildman–Crippen LogP) is 3.49. The predicted molar refractivity (Wildman–Crippen MR) is 145 cm³/mol. The molecule has 1 amide bonds. The Bertz CT molecular complexity index is 1380. The van der Waals surface area contributed by atoms with Gasteiger partial charge in [0.15, 0.2) is 11.4 Å². The zero-order valence-electron chi connectivity index (χ0n) is 22.3. The molecule has 2 aliphatic rings. The third kappa shape index (κ3) is 5.93. The number of ether oxygens (including phenoxy) is 1. The number of likely N-dealkylation sites (tertiary alicyclic amines) is 1. The zero-order chi connectivity index (χ0) is 27.5. The standard InChI is InChI=1S/C28H34FN7O3/c1-4-25(38)35-8-5-23(35)24(37)14-18-11-19(13-20(29)12-18)15-30-28-34-27(32-21-6-9-39-10-7-21)33-26-22(17(2)3)16-31-36(26)28/h4,11-13,16-17,21,23H,1,5-10,14-15H2,2-3H3,(H2,30,32,33,34). The number of anilines is 2. The van der Waals surface area contributed by atoms with E-state index in [2.05, 4.69) is 41.1 Å². The molecule has 2 N–H and O–H groups in total. The number of benzene rings is 1. The lowest BCUT2D eigenvalue weighted by molar-refractivity contribution is -0.142. The van der Waals surface area contributed by atoms with Gasteiger partial charge in [-0.05, 0) is 54.5 Å². The highest BCUT2D eigenvalue weighted by Crippen LogP contribution is 2.24. The van der Waals surface area contributed by atoms with Crippen molar-refractivity contribution in [2.45, 2.75) is 64.1 Å². The Kier molecular flexibility index (Phi) is 7.87. The molecule has 206 valence electrons. The van der Waals surface area contributed by atoms with E-state index in [1.54, 1.807) is 16.8 Å². The van der Waals surface area contributed by atoms with Gasteiger partial charge in [0.05, 0.1) is 12.2 Å². The Morgan fingerprint density at radius 1 is 1.18 bits per heavy atom. The molecule has 0 spiro atoms. The first-order chi connectivity index (χ1) is 18.8. The average molecular weight is 536 g/mol. The molecule has 2 fully saturated rings. The summed E-state index contributed by atoms with van der Waals surface area (Å²) < 4.78 is 21.7. The van der Waals surface area contributed by atoms with Gasteiger partial charge in [0.1, 0.15) is 5.82 Å². The number of carbonyl (C=O) groups excluding carboxylic acids is 2. The molecule has 11 heteroatoms. The molecule has 0 saturated carbocycles. The van der Waals surface area contributed by atoms with Crippen molar-refractivity contribution >= 4 is 29.2 Å². The number of hydrogen-bond donors (Lipinski definition) is 2. The minimum atomic E-state index is -0.480. The van der Waals surface area contributed by atoms with Crippen LogP contribution >= 0.6 is 0 Å². The summed E-state index contributed by atoms with van der Waals surface area (Å²) in [5, 5.41) is 11.2. The number of nitrogens with one attached hydrogen (secondary N) is 2. The molecular weight excluding hydrogens is 501 g/mol. The van der Waals surface area contributed by atoms with E-state index in [0.29, 0.717) is 54.9 Å². The van der Waals surface area contributed by atoms with Gasteiger partial charge in [-0.15, -0.1) is 0 Å². The van der Waals surface area contributed by atoms with Crippen molar-refractivity contribution in [3.63, 3.8) is 0 Å². The number of rotatable bonds is 10. The number of carbonyl (C=O) groups is 2. The Morgan fingerprint density at radius 2 is 1.95 bits per heavy atom. The first-order valence-corrected chi connectivity index (χ1v) is 13.4. The molecule has 10 nitrogen and oxygen atoms in total. The molecule has 0 radical (unpaired) electrons. The summed E-state index contributed by atoms with van der Waals surface area (Å²) in [6.45, 7) is 9.86. The monoisotopic (exact) mass is 535 g/mol. The van der Waals surface area contributed by atoms with E-state index in [1.807, 2.05) is 0 Å². The van der Waals surface area contributed by atoms with Gasteiger partial charge in [-0.25, -0.2) is 4.39 Å². The van der Waals surface area contributed by atoms with Gasteiger partial charge in [0.25, 0.3) is 0 Å². The van der Waals surface area contributed by atoms with Gasteiger partial charge >= 0.3 is 0 Å². The molecule has 0 aliphatic carbocycles. The van der Waals surface area contributed by atoms with Crippen LogP contribution in [0.5, 0.6) is 0 Å². The first kappa shape index (κ1) is 26.7. The Hall–Kier alpha value is -3.86. The lowest BCUT2D eigenvalue weighted by Gasteiger charge is -2.39. The third-order valence-electron chi connectivity index (χ3n) is 7.27. The molecule has 0 bridgehead atoms. The van der Waals surface area contributed by atoms with Crippen LogP contribution in [-0.4, -0.2) is 68.0 Å². The van der Waals surface area contributed by atoms with Crippen LogP contribution in [0.15, 0.2) is 37.1 Å². The number of halogens is 1. The zero-order valence-corrected chi connectivity index (χ0v) is 22.3. The summed E-state index contributed by atoms with van der Waals surface area (Å²) in [4.78, 5) is 35.7. The molecule has 3 aromatic rings. The maximum absolute atomic E-state index is 14.5. The van der Waals surface area contributed by atoms with Gasteiger partial charge in [-0.1, -0.05) is 26.5 Å². The first-order valence-electron chi connectivity index (χ1n) is 13.4. The minimum Gasteiger partial charge on any atom is -0.381 e. The van der Waals surface area contributed by atoms with Crippen LogP contribution < -0.4 is 10.6 Å². The second-order valence-electron chi connectivity index (χ2n) is 10.4. The number of nitrogens with zero attached hydrogens (tertiary/aromatic N) is 5. The van der Waals surface area contributed by atoms with E-state index in [-0.39, 0.29) is 36.6 Å². The second kappa shape index (κ2) is 11.5. The van der Waals surface area contributed by atoms with Crippen LogP contribution in [0, 0.1) is 5.82 Å². The highest BCUT2D eigenvalue weighted by molar-refractivity contribution is 5.95. The van der Waals surface area contributed by atoms with Gasteiger partial charge in [0, 0.05) is 44.3 Å². The molecule has 1 atom stereocenters. The maximum Gasteiger partial charge on any atom is 0.246 e. The van der Waals surface area contributed by atoms with Crippen LogP contribution in [0.2, 0.25) is 0 Å². The molecule has 1 unspecified atom stereocenters. The van der Waals surface area contributed by atoms with Gasteiger partial charge in [-0.2, -0.15) is 19.6 Å². The number of fused-ring (bicyclic) bond motifs is 1. The number of ketones is 1. The normalized spacial score (nSPS) is 17.7. The van der Waals surface area contributed by atoms with E-state index in [0.717, 1.165) is 18.4 Å². The highest BCUT2D eigenvalue weighted by atomic mass is 19.1. The average Bonchev–Trinajstić information content (AvgIpc) is 3.31. The fourth-order valence-corrected chi connectivity index (χ4v) is 5.03. The van der Waals surface area contributed by atoms with E-state index in [1.165, 1.54) is 23.1 Å². The molecular formula is C28H34FN7O3. The maximum atomic E-state index is 14.5. The Morgan fingerprint density at radius 3 is 2.64 bits per heavy atom. The van der Waals surface area contributed by atoms with Crippen molar-refractivity contribution in [2.24, 2.45) is 0 Å². The largest absolute Gasteiger partial charge is 0.381 e. The summed E-state index contributed by atoms with van der Waals surface area (Å²) in [5.74, 6) is 0.406. The molecule has 5 rings (SSSR count). The lowest BCUT2D eigenvalue weighted by atomic mass is 9.93. The molecule has 39 heavy (non-hydrogen) atoms. The Labute approximate surface area is 226 Å². The highest BCUT2D eigenvalue weighted by Gasteiger charge is 2.36. The summed E-state index contributed by atoms with van der Waals surface area (Å²) in [6, 6.07) is 4.33. The number of hydrogen-bond acceptors (Lipinski definition) is 8. The lowest BCUT2D eigenvalue weighted by Crippen LogP contribution is -2.55. The topological polar surface area (TPSA) is 114 Å².